The van der Waals surface area contributed by atoms with Crippen LogP contribution in [0.1, 0.15) is 38.3 Å². The Morgan fingerprint density at radius 1 is 1.25 bits per heavy atom. The van der Waals surface area contributed by atoms with Crippen LogP contribution in [0.4, 0.5) is 4.39 Å². The molecule has 0 spiro atoms. The minimum atomic E-state index is -0.297. The Labute approximate surface area is 149 Å². The zero-order valence-electron chi connectivity index (χ0n) is 13.5. The minimum Gasteiger partial charge on any atom is -0.268 e. The van der Waals surface area contributed by atoms with Crippen LogP contribution in [0.3, 0.4) is 0 Å². The molecule has 0 N–H and O–H groups in total. The molecule has 1 aromatic heterocycles. The molecular weight excluding hydrogens is 343 g/mol. The van der Waals surface area contributed by atoms with Gasteiger partial charge < -0.3 is 0 Å². The molecule has 4 rings (SSSR count). The van der Waals surface area contributed by atoms with Crippen LogP contribution in [-0.4, -0.2) is 20.1 Å². The molecule has 0 amide bonds. The molecule has 1 saturated carbocycles. The largest absolute Gasteiger partial charge is 0.272 e. The number of fused-ring (bicyclic) bond motifs is 1. The summed E-state index contributed by atoms with van der Waals surface area (Å²) in [4.78, 5) is 18.7. The van der Waals surface area contributed by atoms with Crippen LogP contribution in [-0.2, 0) is 6.42 Å². The smallest absolute Gasteiger partial charge is 0.268 e. The summed E-state index contributed by atoms with van der Waals surface area (Å²) in [6, 6.07) is 6.11. The minimum absolute atomic E-state index is 0.0125. The summed E-state index contributed by atoms with van der Waals surface area (Å²) in [5.74, 6) is -0.297. The number of thioether (sulfide) groups is 2. The van der Waals surface area contributed by atoms with Gasteiger partial charge in [-0.1, -0.05) is 31.5 Å². The van der Waals surface area contributed by atoms with Crippen molar-refractivity contribution in [3.63, 3.8) is 0 Å². The predicted octanol–water partition coefficient (Wildman–Crippen LogP) is 4.44. The second-order valence-electron chi connectivity index (χ2n) is 6.44. The first-order valence-electron chi connectivity index (χ1n) is 8.37. The Hall–Kier alpha value is -1.27. The Morgan fingerprint density at radius 2 is 1.96 bits per heavy atom. The molecule has 2 heterocycles. The van der Waals surface area contributed by atoms with Gasteiger partial charge in [0, 0.05) is 16.9 Å². The Balaban J connectivity index is 1.84. The molecule has 1 aliphatic heterocycles. The van der Waals surface area contributed by atoms with Crippen LogP contribution in [0.15, 0.2) is 39.1 Å². The molecule has 6 heteroatoms. The van der Waals surface area contributed by atoms with Gasteiger partial charge in [-0.2, -0.15) is 0 Å². The second kappa shape index (κ2) is 6.56. The third kappa shape index (κ3) is 3.02. The van der Waals surface area contributed by atoms with Crippen LogP contribution >= 0.6 is 23.5 Å². The Bertz CT molecular complexity index is 813. The summed E-state index contributed by atoms with van der Waals surface area (Å²) in [6.45, 7) is 2.12. The van der Waals surface area contributed by atoms with Gasteiger partial charge in [0.05, 0.1) is 16.3 Å². The molecule has 0 bridgehead atoms. The van der Waals surface area contributed by atoms with Crippen LogP contribution in [0.2, 0.25) is 0 Å². The highest BCUT2D eigenvalue weighted by molar-refractivity contribution is 8.00. The topological polar surface area (TPSA) is 34.9 Å². The van der Waals surface area contributed by atoms with Crippen molar-refractivity contribution in [2.24, 2.45) is 0 Å². The van der Waals surface area contributed by atoms with Gasteiger partial charge in [-0.3, -0.25) is 9.36 Å². The van der Waals surface area contributed by atoms with E-state index >= 15 is 0 Å². The van der Waals surface area contributed by atoms with Crippen LogP contribution in [0.5, 0.6) is 0 Å². The quantitative estimate of drug-likeness (QED) is 0.756. The number of hydrogen-bond acceptors (Lipinski definition) is 4. The van der Waals surface area contributed by atoms with E-state index in [1.165, 1.54) is 37.8 Å². The number of rotatable bonds is 3. The van der Waals surface area contributed by atoms with Crippen molar-refractivity contribution >= 4 is 23.5 Å². The fourth-order valence-corrected chi connectivity index (χ4v) is 5.78. The zero-order chi connectivity index (χ0) is 16.7. The molecule has 1 unspecified atom stereocenters. The van der Waals surface area contributed by atoms with E-state index in [0.717, 1.165) is 22.2 Å². The molecule has 1 aliphatic carbocycles. The summed E-state index contributed by atoms with van der Waals surface area (Å²) >= 11 is 3.31. The highest BCUT2D eigenvalue weighted by atomic mass is 32.2. The number of halogens is 1. The van der Waals surface area contributed by atoms with Crippen molar-refractivity contribution in [3.8, 4) is 5.69 Å². The third-order valence-corrected chi connectivity index (χ3v) is 7.04. The van der Waals surface area contributed by atoms with Crippen LogP contribution in [0, 0.1) is 5.82 Å². The van der Waals surface area contributed by atoms with E-state index in [1.54, 1.807) is 40.2 Å². The molecule has 1 atom stereocenters. The number of hydrogen-bond donors (Lipinski definition) is 0. The normalized spacial score (nSPS) is 20.5. The molecule has 1 fully saturated rings. The first-order chi connectivity index (χ1) is 11.6. The van der Waals surface area contributed by atoms with Crippen molar-refractivity contribution in [1.29, 1.82) is 0 Å². The fraction of sp³-hybridized carbons (Fsp3) is 0.444. The first kappa shape index (κ1) is 16.2. The standard InChI is InChI=1S/C18H19FN2OS2/c1-11-10-15-16(23-11)17(22)21(13-8-6-12(19)7-9-13)18(20-15)24-14-4-2-3-5-14/h6-9,11,14H,2-5,10H2,1H3. The molecule has 0 saturated heterocycles. The van der Waals surface area contributed by atoms with Gasteiger partial charge in [-0.05, 0) is 37.1 Å². The van der Waals surface area contributed by atoms with Gasteiger partial charge in [0.15, 0.2) is 5.16 Å². The van der Waals surface area contributed by atoms with Gasteiger partial charge in [0.25, 0.3) is 5.56 Å². The van der Waals surface area contributed by atoms with Crippen molar-refractivity contribution in [2.75, 3.05) is 0 Å². The van der Waals surface area contributed by atoms with E-state index in [1.807, 2.05) is 0 Å². The highest BCUT2D eigenvalue weighted by Gasteiger charge is 2.28. The molecular formula is C18H19FN2OS2. The maximum absolute atomic E-state index is 13.3. The maximum atomic E-state index is 13.3. The summed E-state index contributed by atoms with van der Waals surface area (Å²) in [5.41, 5.74) is 1.61. The molecule has 3 nitrogen and oxygen atoms in total. The molecule has 24 heavy (non-hydrogen) atoms. The molecule has 2 aliphatic rings. The van der Waals surface area contributed by atoms with Crippen molar-refractivity contribution in [1.82, 2.24) is 9.55 Å². The first-order valence-corrected chi connectivity index (χ1v) is 10.1. The summed E-state index contributed by atoms with van der Waals surface area (Å²) in [6.07, 6.45) is 5.68. The number of aromatic nitrogens is 2. The van der Waals surface area contributed by atoms with Gasteiger partial charge in [0.1, 0.15) is 5.82 Å². The van der Waals surface area contributed by atoms with Crippen molar-refractivity contribution in [3.05, 3.63) is 46.1 Å². The van der Waals surface area contributed by atoms with E-state index in [2.05, 4.69) is 6.92 Å². The maximum Gasteiger partial charge on any atom is 0.272 e. The van der Waals surface area contributed by atoms with Crippen LogP contribution < -0.4 is 5.56 Å². The van der Waals surface area contributed by atoms with E-state index < -0.39 is 0 Å². The van der Waals surface area contributed by atoms with E-state index in [4.69, 9.17) is 4.98 Å². The lowest BCUT2D eigenvalue weighted by molar-refractivity contribution is 0.626. The van der Waals surface area contributed by atoms with Crippen molar-refractivity contribution in [2.45, 2.75) is 59.6 Å². The van der Waals surface area contributed by atoms with E-state index in [9.17, 15) is 9.18 Å². The zero-order valence-corrected chi connectivity index (χ0v) is 15.1. The molecule has 1 aromatic carbocycles. The predicted molar refractivity (Wildman–Crippen MR) is 96.9 cm³/mol. The molecule has 126 valence electrons. The number of nitrogens with zero attached hydrogens (tertiary/aromatic N) is 2. The average molecular weight is 362 g/mol. The monoisotopic (exact) mass is 362 g/mol. The Morgan fingerprint density at radius 3 is 2.67 bits per heavy atom. The summed E-state index contributed by atoms with van der Waals surface area (Å²) < 4.78 is 15.0. The van der Waals surface area contributed by atoms with Gasteiger partial charge in [0.2, 0.25) is 0 Å². The number of benzene rings is 1. The van der Waals surface area contributed by atoms with E-state index in [0.29, 0.717) is 16.2 Å². The summed E-state index contributed by atoms with van der Waals surface area (Å²) in [5, 5.41) is 1.66. The summed E-state index contributed by atoms with van der Waals surface area (Å²) in [7, 11) is 0. The third-order valence-electron chi connectivity index (χ3n) is 4.54. The lowest BCUT2D eigenvalue weighted by Gasteiger charge is -2.16. The lowest BCUT2D eigenvalue weighted by atomic mass is 10.2. The second-order valence-corrected chi connectivity index (χ2v) is 9.16. The molecule has 2 aromatic rings. The van der Waals surface area contributed by atoms with E-state index in [-0.39, 0.29) is 11.4 Å². The average Bonchev–Trinajstić information content (AvgIpc) is 3.18. The van der Waals surface area contributed by atoms with Crippen LogP contribution in [0.25, 0.3) is 5.69 Å². The highest BCUT2D eigenvalue weighted by Crippen LogP contribution is 2.38. The van der Waals surface area contributed by atoms with Crippen molar-refractivity contribution < 1.29 is 4.39 Å². The van der Waals surface area contributed by atoms with Gasteiger partial charge in [-0.25, -0.2) is 9.37 Å². The van der Waals surface area contributed by atoms with Gasteiger partial charge in [-0.15, -0.1) is 11.8 Å². The fourth-order valence-electron chi connectivity index (χ4n) is 3.35. The molecule has 0 radical (unpaired) electrons. The Kier molecular flexibility index (Phi) is 4.43. The lowest BCUT2D eigenvalue weighted by Crippen LogP contribution is -2.24. The van der Waals surface area contributed by atoms with Gasteiger partial charge >= 0.3 is 0 Å². The SMILES string of the molecule is CC1Cc2nc(SC3CCCC3)n(-c3ccc(F)cc3)c(=O)c2S1.